The lowest BCUT2D eigenvalue weighted by Crippen LogP contribution is -2.29. The van der Waals surface area contributed by atoms with Crippen molar-refractivity contribution in [2.75, 3.05) is 20.1 Å². The molecule has 18 heavy (non-hydrogen) atoms. The van der Waals surface area contributed by atoms with Crippen LogP contribution < -0.4 is 5.32 Å². The minimum absolute atomic E-state index is 0.666. The normalized spacial score (nSPS) is 20.9. The Bertz CT molecular complexity index is 544. The van der Waals surface area contributed by atoms with Gasteiger partial charge in [-0.25, -0.2) is 0 Å². The topological polar surface area (TPSA) is 20.2 Å². The molecular formula is C15H21N3. The van der Waals surface area contributed by atoms with Crippen LogP contribution in [0.4, 0.5) is 0 Å². The van der Waals surface area contributed by atoms with E-state index in [2.05, 4.69) is 59.2 Å². The Kier molecular flexibility index (Phi) is 3.10. The molecule has 0 aliphatic carbocycles. The lowest BCUT2D eigenvalue weighted by molar-refractivity contribution is 0.315. The Balaban J connectivity index is 1.81. The molecule has 0 radical (unpaired) electrons. The third-order valence-corrected chi connectivity index (χ3v) is 4.12. The van der Waals surface area contributed by atoms with E-state index in [4.69, 9.17) is 0 Å². The molecule has 1 saturated heterocycles. The number of benzene rings is 1. The summed E-state index contributed by atoms with van der Waals surface area (Å²) in [7, 11) is 4.23. The van der Waals surface area contributed by atoms with Crippen LogP contribution >= 0.6 is 0 Å². The number of likely N-dealkylation sites (N-methyl/N-ethyl adjacent to an activating group) is 1. The Hall–Kier alpha value is -1.32. The maximum absolute atomic E-state index is 3.37. The second-order valence-corrected chi connectivity index (χ2v) is 5.26. The van der Waals surface area contributed by atoms with Gasteiger partial charge in [-0.3, -0.25) is 4.90 Å². The molecule has 1 fully saturated rings. The fourth-order valence-electron chi connectivity index (χ4n) is 2.94. The Morgan fingerprint density at radius 2 is 2.17 bits per heavy atom. The number of nitrogens with zero attached hydrogens (tertiary/aromatic N) is 2. The third kappa shape index (κ3) is 2.04. The molecule has 1 aromatic heterocycles. The zero-order chi connectivity index (χ0) is 12.5. The summed E-state index contributed by atoms with van der Waals surface area (Å²) in [5.41, 5.74) is 2.74. The van der Waals surface area contributed by atoms with Crippen LogP contribution in [0.25, 0.3) is 10.9 Å². The summed E-state index contributed by atoms with van der Waals surface area (Å²) in [5.74, 6) is 0. The van der Waals surface area contributed by atoms with E-state index in [1.165, 1.54) is 29.6 Å². The highest BCUT2D eigenvalue weighted by Gasteiger charge is 2.21. The SMILES string of the molecule is CNC1CCN(Cc2cc3ccccc3n2C)C1. The first-order valence-electron chi connectivity index (χ1n) is 6.71. The number of para-hydroxylation sites is 1. The van der Waals surface area contributed by atoms with Crippen LogP contribution in [0.2, 0.25) is 0 Å². The second kappa shape index (κ2) is 4.75. The van der Waals surface area contributed by atoms with Crippen LogP contribution in [0.5, 0.6) is 0 Å². The summed E-state index contributed by atoms with van der Waals surface area (Å²) in [5, 5.41) is 4.72. The maximum Gasteiger partial charge on any atom is 0.0480 e. The number of rotatable bonds is 3. The molecule has 1 aliphatic rings. The first-order valence-corrected chi connectivity index (χ1v) is 6.71. The highest BCUT2D eigenvalue weighted by molar-refractivity contribution is 5.81. The minimum Gasteiger partial charge on any atom is -0.346 e. The quantitative estimate of drug-likeness (QED) is 0.889. The van der Waals surface area contributed by atoms with Crippen LogP contribution in [-0.4, -0.2) is 35.6 Å². The smallest absolute Gasteiger partial charge is 0.0480 e. The molecule has 3 rings (SSSR count). The average Bonchev–Trinajstić information content (AvgIpc) is 2.97. The van der Waals surface area contributed by atoms with Gasteiger partial charge in [0.2, 0.25) is 0 Å². The first-order chi connectivity index (χ1) is 8.78. The highest BCUT2D eigenvalue weighted by atomic mass is 15.2. The number of likely N-dealkylation sites (tertiary alicyclic amines) is 1. The van der Waals surface area contributed by atoms with Gasteiger partial charge in [0.25, 0.3) is 0 Å². The van der Waals surface area contributed by atoms with Gasteiger partial charge >= 0.3 is 0 Å². The third-order valence-electron chi connectivity index (χ3n) is 4.12. The van der Waals surface area contributed by atoms with Gasteiger partial charge in [0, 0.05) is 43.9 Å². The van der Waals surface area contributed by atoms with Crippen LogP contribution in [0, 0.1) is 0 Å². The number of hydrogen-bond donors (Lipinski definition) is 1. The molecule has 3 heteroatoms. The van der Waals surface area contributed by atoms with Crippen molar-refractivity contribution in [1.29, 1.82) is 0 Å². The molecule has 0 spiro atoms. The Labute approximate surface area is 108 Å². The standard InChI is InChI=1S/C15H21N3/c1-16-13-7-8-18(10-13)11-14-9-12-5-3-4-6-15(12)17(14)2/h3-6,9,13,16H,7-8,10-11H2,1-2H3. The average molecular weight is 243 g/mol. The van der Waals surface area contributed by atoms with Crippen molar-refractivity contribution < 1.29 is 0 Å². The van der Waals surface area contributed by atoms with E-state index < -0.39 is 0 Å². The van der Waals surface area contributed by atoms with Gasteiger partial charge in [0.1, 0.15) is 0 Å². The minimum atomic E-state index is 0.666. The summed E-state index contributed by atoms with van der Waals surface area (Å²) < 4.78 is 2.32. The van der Waals surface area contributed by atoms with Gasteiger partial charge in [-0.05, 0) is 31.0 Å². The fourth-order valence-corrected chi connectivity index (χ4v) is 2.94. The summed E-state index contributed by atoms with van der Waals surface area (Å²) >= 11 is 0. The van der Waals surface area contributed by atoms with Crippen molar-refractivity contribution in [2.45, 2.75) is 19.0 Å². The van der Waals surface area contributed by atoms with Crippen molar-refractivity contribution in [2.24, 2.45) is 7.05 Å². The second-order valence-electron chi connectivity index (χ2n) is 5.26. The van der Waals surface area contributed by atoms with E-state index in [0.717, 1.165) is 13.1 Å². The zero-order valence-electron chi connectivity index (χ0n) is 11.2. The largest absolute Gasteiger partial charge is 0.346 e. The summed E-state index contributed by atoms with van der Waals surface area (Å²) in [6.45, 7) is 3.43. The molecule has 3 nitrogen and oxygen atoms in total. The Morgan fingerprint density at radius 1 is 1.33 bits per heavy atom. The monoisotopic (exact) mass is 243 g/mol. The van der Waals surface area contributed by atoms with Gasteiger partial charge < -0.3 is 9.88 Å². The van der Waals surface area contributed by atoms with E-state index in [-0.39, 0.29) is 0 Å². The molecular weight excluding hydrogens is 222 g/mol. The number of hydrogen-bond acceptors (Lipinski definition) is 2. The van der Waals surface area contributed by atoms with Crippen molar-refractivity contribution in [3.05, 3.63) is 36.0 Å². The maximum atomic E-state index is 3.37. The zero-order valence-corrected chi connectivity index (χ0v) is 11.2. The lowest BCUT2D eigenvalue weighted by atomic mass is 10.2. The van der Waals surface area contributed by atoms with Gasteiger partial charge in [-0.2, -0.15) is 0 Å². The van der Waals surface area contributed by atoms with Crippen molar-refractivity contribution in [3.63, 3.8) is 0 Å². The molecule has 1 atom stereocenters. The molecule has 1 unspecified atom stereocenters. The number of nitrogens with one attached hydrogen (secondary N) is 1. The van der Waals surface area contributed by atoms with Crippen molar-refractivity contribution in [1.82, 2.24) is 14.8 Å². The molecule has 96 valence electrons. The predicted molar refractivity (Wildman–Crippen MR) is 75.7 cm³/mol. The molecule has 0 amide bonds. The predicted octanol–water partition coefficient (Wildman–Crippen LogP) is 1.97. The van der Waals surface area contributed by atoms with E-state index in [9.17, 15) is 0 Å². The molecule has 0 saturated carbocycles. The van der Waals surface area contributed by atoms with E-state index >= 15 is 0 Å². The number of aryl methyl sites for hydroxylation is 1. The van der Waals surface area contributed by atoms with Gasteiger partial charge in [-0.1, -0.05) is 18.2 Å². The van der Waals surface area contributed by atoms with E-state index in [1.54, 1.807) is 0 Å². The van der Waals surface area contributed by atoms with Crippen molar-refractivity contribution >= 4 is 10.9 Å². The summed E-state index contributed by atoms with van der Waals surface area (Å²) in [6.07, 6.45) is 1.26. The van der Waals surface area contributed by atoms with Gasteiger partial charge in [0.05, 0.1) is 0 Å². The number of aromatic nitrogens is 1. The molecule has 0 bridgehead atoms. The molecule has 1 aliphatic heterocycles. The van der Waals surface area contributed by atoms with Gasteiger partial charge in [-0.15, -0.1) is 0 Å². The highest BCUT2D eigenvalue weighted by Crippen LogP contribution is 2.21. The van der Waals surface area contributed by atoms with Gasteiger partial charge in [0.15, 0.2) is 0 Å². The van der Waals surface area contributed by atoms with Crippen LogP contribution in [0.3, 0.4) is 0 Å². The first kappa shape index (κ1) is 11.8. The molecule has 2 heterocycles. The van der Waals surface area contributed by atoms with Crippen LogP contribution in [0.1, 0.15) is 12.1 Å². The summed E-state index contributed by atoms with van der Waals surface area (Å²) in [6, 6.07) is 11.6. The van der Waals surface area contributed by atoms with Crippen LogP contribution in [-0.2, 0) is 13.6 Å². The van der Waals surface area contributed by atoms with E-state index in [1.807, 2.05) is 0 Å². The Morgan fingerprint density at radius 3 is 2.89 bits per heavy atom. The van der Waals surface area contributed by atoms with E-state index in [0.29, 0.717) is 6.04 Å². The molecule has 2 aromatic rings. The van der Waals surface area contributed by atoms with Crippen LogP contribution in [0.15, 0.2) is 30.3 Å². The molecule has 1 aromatic carbocycles. The fraction of sp³-hybridized carbons (Fsp3) is 0.467. The molecule has 1 N–H and O–H groups in total. The number of fused-ring (bicyclic) bond motifs is 1. The van der Waals surface area contributed by atoms with Crippen molar-refractivity contribution in [3.8, 4) is 0 Å². The lowest BCUT2D eigenvalue weighted by Gasteiger charge is -2.16. The summed E-state index contributed by atoms with van der Waals surface area (Å²) in [4.78, 5) is 2.54.